The van der Waals surface area contributed by atoms with E-state index in [2.05, 4.69) is 69.1 Å². The van der Waals surface area contributed by atoms with Gasteiger partial charge in [0, 0.05) is 17.5 Å². The Kier molecular flexibility index (Phi) is 2.73. The number of piperidine rings is 1. The van der Waals surface area contributed by atoms with E-state index in [1.807, 2.05) is 0 Å². The molecule has 3 aliphatic rings. The van der Waals surface area contributed by atoms with E-state index in [4.69, 9.17) is 0 Å². The summed E-state index contributed by atoms with van der Waals surface area (Å²) in [4.78, 5) is 2.68. The number of nitrogens with zero attached hydrogens (tertiary/aromatic N) is 1. The molecule has 21 heavy (non-hydrogen) atoms. The van der Waals surface area contributed by atoms with E-state index >= 15 is 0 Å². The van der Waals surface area contributed by atoms with Crippen molar-refractivity contribution in [2.45, 2.75) is 57.5 Å². The van der Waals surface area contributed by atoms with Gasteiger partial charge in [0.25, 0.3) is 0 Å². The van der Waals surface area contributed by atoms with Crippen LogP contribution in [0.5, 0.6) is 0 Å². The summed E-state index contributed by atoms with van der Waals surface area (Å²) in [6.07, 6.45) is 8.90. The standard InChI is InChI=1S/C20H27N/c1-5-20-11-10-16-13-19(20,3)18(21(4)14(16)2)12-15-8-6-7-9-17(15)20/h6-11,14,16,18H,5,12-13H2,1-4H3/t14?,16?,18?,19-,20+/m1/s1. The molecule has 1 aliphatic heterocycles. The molecule has 2 aliphatic carbocycles. The molecule has 1 nitrogen and oxygen atoms in total. The first kappa shape index (κ1) is 13.6. The third-order valence-electron chi connectivity index (χ3n) is 7.26. The third-order valence-corrected chi connectivity index (χ3v) is 7.26. The fourth-order valence-corrected chi connectivity index (χ4v) is 5.84. The van der Waals surface area contributed by atoms with Gasteiger partial charge in [-0.05, 0) is 55.7 Å². The smallest absolute Gasteiger partial charge is 0.0201 e. The van der Waals surface area contributed by atoms with Crippen molar-refractivity contribution in [2.24, 2.45) is 11.3 Å². The van der Waals surface area contributed by atoms with Crippen LogP contribution < -0.4 is 0 Å². The van der Waals surface area contributed by atoms with Crippen LogP contribution in [-0.4, -0.2) is 24.0 Å². The topological polar surface area (TPSA) is 3.24 Å². The lowest BCUT2D eigenvalue weighted by atomic mass is 9.45. The summed E-state index contributed by atoms with van der Waals surface area (Å²) in [5.41, 5.74) is 3.78. The molecule has 0 radical (unpaired) electrons. The van der Waals surface area contributed by atoms with Crippen molar-refractivity contribution in [1.82, 2.24) is 4.90 Å². The summed E-state index contributed by atoms with van der Waals surface area (Å²) in [6.45, 7) is 7.36. The van der Waals surface area contributed by atoms with Gasteiger partial charge in [0.05, 0.1) is 0 Å². The zero-order chi connectivity index (χ0) is 14.8. The van der Waals surface area contributed by atoms with Gasteiger partial charge < -0.3 is 0 Å². The highest BCUT2D eigenvalue weighted by Gasteiger charge is 2.60. The predicted octanol–water partition coefficient (Wildman–Crippen LogP) is 4.18. The van der Waals surface area contributed by atoms with Crippen LogP contribution in [0, 0.1) is 11.3 Å². The number of benzene rings is 1. The van der Waals surface area contributed by atoms with E-state index in [9.17, 15) is 0 Å². The molecule has 1 heterocycles. The monoisotopic (exact) mass is 281 g/mol. The summed E-state index contributed by atoms with van der Waals surface area (Å²) < 4.78 is 0. The molecule has 2 bridgehead atoms. The van der Waals surface area contributed by atoms with Crippen molar-refractivity contribution in [3.05, 3.63) is 47.5 Å². The van der Waals surface area contributed by atoms with Gasteiger partial charge >= 0.3 is 0 Å². The van der Waals surface area contributed by atoms with E-state index < -0.39 is 0 Å². The molecule has 1 fully saturated rings. The second-order valence-electron chi connectivity index (χ2n) is 7.75. The number of hydrogen-bond acceptors (Lipinski definition) is 1. The second kappa shape index (κ2) is 4.23. The number of fused-ring (bicyclic) bond motifs is 3. The van der Waals surface area contributed by atoms with Gasteiger partial charge in [0.2, 0.25) is 0 Å². The van der Waals surface area contributed by atoms with Gasteiger partial charge in [-0.2, -0.15) is 0 Å². The van der Waals surface area contributed by atoms with Crippen LogP contribution in [0.4, 0.5) is 0 Å². The molecule has 3 unspecified atom stereocenters. The highest BCUT2D eigenvalue weighted by Crippen LogP contribution is 2.62. The zero-order valence-electron chi connectivity index (χ0n) is 13.8. The van der Waals surface area contributed by atoms with Crippen molar-refractivity contribution >= 4 is 0 Å². The number of likely N-dealkylation sites (N-methyl/N-ethyl adjacent to an activating group) is 1. The number of allylic oxidation sites excluding steroid dienone is 1. The summed E-state index contributed by atoms with van der Waals surface area (Å²) in [6, 6.07) is 10.5. The number of hydrogen-bond donors (Lipinski definition) is 0. The SMILES string of the molecule is CC[C@@]12C=CC3C[C@]1(C)C(Cc1ccccc12)N(C)C3C. The first-order valence-corrected chi connectivity index (χ1v) is 8.53. The normalized spacial score (nSPS) is 44.5. The van der Waals surface area contributed by atoms with Crippen LogP contribution in [0.1, 0.15) is 44.7 Å². The Hall–Kier alpha value is -1.08. The van der Waals surface area contributed by atoms with Crippen LogP contribution in [0.25, 0.3) is 0 Å². The maximum atomic E-state index is 2.68. The summed E-state index contributed by atoms with van der Waals surface area (Å²) in [5, 5.41) is 0. The predicted molar refractivity (Wildman–Crippen MR) is 88.5 cm³/mol. The first-order chi connectivity index (χ1) is 10.0. The Bertz CT molecular complexity index is 604. The van der Waals surface area contributed by atoms with Gasteiger partial charge in [0.15, 0.2) is 0 Å². The Morgan fingerprint density at radius 3 is 2.81 bits per heavy atom. The molecule has 1 aromatic rings. The van der Waals surface area contributed by atoms with Crippen LogP contribution in [-0.2, 0) is 11.8 Å². The van der Waals surface area contributed by atoms with Crippen molar-refractivity contribution < 1.29 is 0 Å². The molecule has 0 amide bonds. The van der Waals surface area contributed by atoms with Crippen LogP contribution in [0.3, 0.4) is 0 Å². The average Bonchev–Trinajstić information content (AvgIpc) is 2.51. The largest absolute Gasteiger partial charge is 0.299 e. The number of rotatable bonds is 1. The molecule has 0 spiro atoms. The molecule has 0 N–H and O–H groups in total. The van der Waals surface area contributed by atoms with E-state index in [1.165, 1.54) is 19.3 Å². The summed E-state index contributed by atoms with van der Waals surface area (Å²) in [5.74, 6) is 0.723. The van der Waals surface area contributed by atoms with Crippen molar-refractivity contribution in [1.29, 1.82) is 0 Å². The zero-order valence-corrected chi connectivity index (χ0v) is 13.8. The van der Waals surface area contributed by atoms with E-state index in [1.54, 1.807) is 11.1 Å². The molecule has 1 saturated heterocycles. The van der Waals surface area contributed by atoms with Gasteiger partial charge in [-0.25, -0.2) is 0 Å². The molecule has 4 rings (SSSR count). The van der Waals surface area contributed by atoms with E-state index in [0.29, 0.717) is 17.5 Å². The second-order valence-corrected chi connectivity index (χ2v) is 7.75. The van der Waals surface area contributed by atoms with Crippen molar-refractivity contribution in [2.75, 3.05) is 7.05 Å². The van der Waals surface area contributed by atoms with E-state index in [0.717, 1.165) is 5.92 Å². The van der Waals surface area contributed by atoms with Gasteiger partial charge in [-0.3, -0.25) is 4.90 Å². The fraction of sp³-hybridized carbons (Fsp3) is 0.600. The summed E-state index contributed by atoms with van der Waals surface area (Å²) >= 11 is 0. The maximum Gasteiger partial charge on any atom is 0.0201 e. The summed E-state index contributed by atoms with van der Waals surface area (Å²) in [7, 11) is 2.35. The van der Waals surface area contributed by atoms with Gasteiger partial charge in [0.1, 0.15) is 0 Å². The molecule has 0 saturated carbocycles. The van der Waals surface area contributed by atoms with Crippen LogP contribution in [0.2, 0.25) is 0 Å². The van der Waals surface area contributed by atoms with Crippen molar-refractivity contribution in [3.8, 4) is 0 Å². The van der Waals surface area contributed by atoms with Crippen molar-refractivity contribution in [3.63, 3.8) is 0 Å². The number of likely N-dealkylation sites (tertiary alicyclic amines) is 1. The fourth-order valence-electron chi connectivity index (χ4n) is 5.84. The quantitative estimate of drug-likeness (QED) is 0.698. The lowest BCUT2D eigenvalue weighted by Crippen LogP contribution is -2.67. The third kappa shape index (κ3) is 1.46. The van der Waals surface area contributed by atoms with E-state index in [-0.39, 0.29) is 5.41 Å². The maximum absolute atomic E-state index is 2.68. The highest BCUT2D eigenvalue weighted by atomic mass is 15.2. The Balaban J connectivity index is 2.01. The first-order valence-electron chi connectivity index (χ1n) is 8.53. The lowest BCUT2D eigenvalue weighted by Gasteiger charge is -2.65. The molecular weight excluding hydrogens is 254 g/mol. The average molecular weight is 281 g/mol. The lowest BCUT2D eigenvalue weighted by molar-refractivity contribution is -0.0698. The van der Waals surface area contributed by atoms with Gasteiger partial charge in [-0.15, -0.1) is 0 Å². The molecule has 1 heteroatoms. The van der Waals surface area contributed by atoms with Crippen LogP contribution in [0.15, 0.2) is 36.4 Å². The Morgan fingerprint density at radius 2 is 2.05 bits per heavy atom. The molecule has 112 valence electrons. The molecule has 1 aromatic carbocycles. The molecule has 5 atom stereocenters. The minimum Gasteiger partial charge on any atom is -0.299 e. The Morgan fingerprint density at radius 1 is 1.29 bits per heavy atom. The van der Waals surface area contributed by atoms with Crippen LogP contribution >= 0.6 is 0 Å². The minimum absolute atomic E-state index is 0.234. The Labute approximate surface area is 129 Å². The highest BCUT2D eigenvalue weighted by molar-refractivity contribution is 5.47. The van der Waals surface area contributed by atoms with Gasteiger partial charge in [-0.1, -0.05) is 50.3 Å². The minimum atomic E-state index is 0.234. The molecule has 0 aromatic heterocycles. The molecular formula is C20H27N.